The second-order valence-corrected chi connectivity index (χ2v) is 1.91. The van der Waals surface area contributed by atoms with E-state index >= 15 is 0 Å². The van der Waals surface area contributed by atoms with Gasteiger partial charge in [-0.2, -0.15) is 0 Å². The predicted molar refractivity (Wildman–Crippen MR) is 35.5 cm³/mol. The number of carbonyl (C=O) groups excluding carboxylic acids is 3. The molecule has 77 valence electrons. The van der Waals surface area contributed by atoms with Crippen LogP contribution >= 0.6 is 0 Å². The van der Waals surface area contributed by atoms with E-state index in [0.29, 0.717) is 0 Å². The van der Waals surface area contributed by atoms with Gasteiger partial charge in [0.2, 0.25) is 0 Å². The van der Waals surface area contributed by atoms with Gasteiger partial charge >= 0.3 is 17.1 Å². The Labute approximate surface area is 85.9 Å². The van der Waals surface area contributed by atoms with E-state index in [1.165, 1.54) is 6.92 Å². The second-order valence-electron chi connectivity index (χ2n) is 1.91. The minimum Gasteiger partial charge on any atom is -0.545 e. The van der Waals surface area contributed by atoms with Crippen LogP contribution in [0.5, 0.6) is 0 Å². The molecule has 0 unspecified atom stereocenters. The molecule has 6 heteroatoms. The molecule has 0 rings (SSSR count). The zero-order valence-corrected chi connectivity index (χ0v) is 7.99. The van der Waals surface area contributed by atoms with Crippen molar-refractivity contribution in [3.63, 3.8) is 0 Å². The van der Waals surface area contributed by atoms with Crippen LogP contribution in [0.2, 0.25) is 0 Å². The molecule has 0 spiro atoms. The van der Waals surface area contributed by atoms with Crippen molar-refractivity contribution in [2.75, 3.05) is 0 Å². The van der Waals surface area contributed by atoms with Crippen LogP contribution in [-0.2, 0) is 31.5 Å². The number of carboxylic acid groups (broad SMARTS) is 2. The minimum atomic E-state index is -1.63. The number of rotatable bonds is 2. The summed E-state index contributed by atoms with van der Waals surface area (Å²) in [6, 6.07) is 0. The van der Waals surface area contributed by atoms with Crippen LogP contribution in [0.1, 0.15) is 13.8 Å². The summed E-state index contributed by atoms with van der Waals surface area (Å²) >= 11 is 0. The zero-order chi connectivity index (χ0) is 10.3. The van der Waals surface area contributed by atoms with E-state index in [9.17, 15) is 24.6 Å². The molecule has 0 saturated heterocycles. The SMILES string of the molecule is C=C(C)C(=O)[O-].CC(=O)C(=O)[O-].[Cu+2]. The van der Waals surface area contributed by atoms with Gasteiger partial charge in [-0.25, -0.2) is 0 Å². The second kappa shape index (κ2) is 8.96. The number of hydrogen-bond donors (Lipinski definition) is 0. The molecule has 13 heavy (non-hydrogen) atoms. The van der Waals surface area contributed by atoms with E-state index in [4.69, 9.17) is 0 Å². The molecule has 5 nitrogen and oxygen atoms in total. The molecule has 0 aromatic carbocycles. The summed E-state index contributed by atoms with van der Waals surface area (Å²) in [6.45, 7) is 5.42. The van der Waals surface area contributed by atoms with E-state index in [1.807, 2.05) is 0 Å². The predicted octanol–water partition coefficient (Wildman–Crippen LogP) is -2.36. The van der Waals surface area contributed by atoms with E-state index in [0.717, 1.165) is 6.92 Å². The number of carbonyl (C=O) groups is 3. The van der Waals surface area contributed by atoms with Crippen molar-refractivity contribution in [1.29, 1.82) is 0 Å². The number of ketones is 1. The van der Waals surface area contributed by atoms with E-state index < -0.39 is 17.7 Å². The van der Waals surface area contributed by atoms with Gasteiger partial charge in [-0.3, -0.25) is 4.79 Å². The Kier molecular flexibility index (Phi) is 12.3. The van der Waals surface area contributed by atoms with Gasteiger partial charge in [0.25, 0.3) is 0 Å². The fourth-order valence-corrected chi connectivity index (χ4v) is 0. The first kappa shape index (κ1) is 17.8. The maximum atomic E-state index is 9.49. The first-order valence-electron chi connectivity index (χ1n) is 2.87. The first-order valence-corrected chi connectivity index (χ1v) is 2.87. The molecule has 0 N–H and O–H groups in total. The van der Waals surface area contributed by atoms with Gasteiger partial charge in [-0.1, -0.05) is 6.58 Å². The summed E-state index contributed by atoms with van der Waals surface area (Å²) in [5.41, 5.74) is 0.0648. The first-order chi connectivity index (χ1) is 5.29. The molecule has 0 aromatic heterocycles. The van der Waals surface area contributed by atoms with Gasteiger partial charge in [0.05, 0.1) is 5.97 Å². The fourth-order valence-electron chi connectivity index (χ4n) is 0. The molecule has 0 aliphatic rings. The third kappa shape index (κ3) is 18.1. The van der Waals surface area contributed by atoms with Gasteiger partial charge in [0.1, 0.15) is 5.97 Å². The molecule has 0 saturated carbocycles. The Bertz CT molecular complexity index is 173. The average molecular weight is 236 g/mol. The van der Waals surface area contributed by atoms with Gasteiger partial charge < -0.3 is 19.8 Å². The van der Waals surface area contributed by atoms with Crippen molar-refractivity contribution < 1.29 is 41.7 Å². The molecule has 0 atom stereocenters. The van der Waals surface area contributed by atoms with Crippen molar-refractivity contribution in [2.24, 2.45) is 0 Å². The number of hydrogen-bond acceptors (Lipinski definition) is 5. The van der Waals surface area contributed by atoms with Gasteiger partial charge in [-0.05, 0) is 12.5 Å². The Morgan fingerprint density at radius 2 is 1.15 bits per heavy atom. The number of aliphatic carboxylic acids is 2. The topological polar surface area (TPSA) is 97.3 Å². The molecule has 0 aliphatic heterocycles. The van der Waals surface area contributed by atoms with Gasteiger partial charge in [-0.15, -0.1) is 0 Å². The largest absolute Gasteiger partial charge is 2.00 e. The van der Waals surface area contributed by atoms with Crippen molar-refractivity contribution in [3.05, 3.63) is 12.2 Å². The maximum absolute atomic E-state index is 9.49. The van der Waals surface area contributed by atoms with Crippen molar-refractivity contribution in [1.82, 2.24) is 0 Å². The molecular weight excluding hydrogens is 228 g/mol. The molecular formula is C7H8CuO5. The van der Waals surface area contributed by atoms with Gasteiger partial charge in [0.15, 0.2) is 5.78 Å². The zero-order valence-electron chi connectivity index (χ0n) is 7.05. The molecule has 0 heterocycles. The summed E-state index contributed by atoms with van der Waals surface area (Å²) in [4.78, 5) is 28.2. The molecule has 1 radical (unpaired) electrons. The number of carboxylic acids is 2. The van der Waals surface area contributed by atoms with Crippen molar-refractivity contribution >= 4 is 17.7 Å². The van der Waals surface area contributed by atoms with Crippen LogP contribution in [0.25, 0.3) is 0 Å². The van der Waals surface area contributed by atoms with Gasteiger partial charge in [0, 0.05) is 6.92 Å². The Morgan fingerprint density at radius 3 is 1.15 bits per heavy atom. The summed E-state index contributed by atoms with van der Waals surface area (Å²) in [7, 11) is 0. The van der Waals surface area contributed by atoms with Crippen molar-refractivity contribution in [3.8, 4) is 0 Å². The summed E-state index contributed by atoms with van der Waals surface area (Å²) < 4.78 is 0. The quantitative estimate of drug-likeness (QED) is 0.303. The Balaban J connectivity index is -0.000000143. The van der Waals surface area contributed by atoms with Crippen LogP contribution < -0.4 is 10.2 Å². The summed E-state index contributed by atoms with van der Waals surface area (Å²) in [5.74, 6) is -3.75. The van der Waals surface area contributed by atoms with Crippen LogP contribution in [0.15, 0.2) is 12.2 Å². The summed E-state index contributed by atoms with van der Waals surface area (Å²) in [5, 5.41) is 18.7. The van der Waals surface area contributed by atoms with Crippen LogP contribution in [0.3, 0.4) is 0 Å². The standard InChI is InChI=1S/C4H6O2.C3H4O3.Cu/c1-3(2)4(5)6;1-2(4)3(5)6;/h1H2,2H3,(H,5,6);1H3,(H,5,6);/q;;+2/p-2. The maximum Gasteiger partial charge on any atom is 2.00 e. The third-order valence-corrected chi connectivity index (χ3v) is 0.636. The molecule has 0 fully saturated rings. The molecule has 0 aliphatic carbocycles. The van der Waals surface area contributed by atoms with Crippen LogP contribution in [-0.4, -0.2) is 17.7 Å². The van der Waals surface area contributed by atoms with Crippen molar-refractivity contribution in [2.45, 2.75) is 13.8 Å². The van der Waals surface area contributed by atoms with E-state index in [-0.39, 0.29) is 22.6 Å². The van der Waals surface area contributed by atoms with E-state index in [1.54, 1.807) is 0 Å². The van der Waals surface area contributed by atoms with Crippen LogP contribution in [0, 0.1) is 0 Å². The average Bonchev–Trinajstić information content (AvgIpc) is 1.88. The van der Waals surface area contributed by atoms with E-state index in [2.05, 4.69) is 6.58 Å². The smallest absolute Gasteiger partial charge is 0.545 e. The molecule has 0 amide bonds. The molecule has 0 aromatic rings. The number of Topliss-reactive ketones (excluding diaryl/α,β-unsaturated/α-hetero) is 1. The molecule has 0 bridgehead atoms. The normalized spacial score (nSPS) is 6.92. The third-order valence-electron chi connectivity index (χ3n) is 0.636. The Morgan fingerprint density at radius 1 is 1.00 bits per heavy atom. The summed E-state index contributed by atoms with van der Waals surface area (Å²) in [6.07, 6.45) is 0. The monoisotopic (exact) mass is 235 g/mol. The van der Waals surface area contributed by atoms with Crippen LogP contribution in [0.4, 0.5) is 0 Å². The minimum absolute atomic E-state index is 0. The fraction of sp³-hybridized carbons (Fsp3) is 0.286. The Hall–Kier alpha value is -1.13.